The van der Waals surface area contributed by atoms with Crippen LogP contribution in [0.25, 0.3) is 0 Å². The Balaban J connectivity index is 2.03. The predicted octanol–water partition coefficient (Wildman–Crippen LogP) is 4.37. The standard InChI is InChI=1S/C14H14BrN/c1-11-9-12(7-8-14(11)15)10-16-13-5-3-2-4-6-13/h2-9,16H,10H2,1H3. The summed E-state index contributed by atoms with van der Waals surface area (Å²) in [7, 11) is 0. The van der Waals surface area contributed by atoms with Crippen molar-refractivity contribution in [2.24, 2.45) is 0 Å². The molecule has 0 saturated carbocycles. The Labute approximate surface area is 105 Å². The zero-order chi connectivity index (χ0) is 11.4. The monoisotopic (exact) mass is 275 g/mol. The second kappa shape index (κ2) is 5.17. The van der Waals surface area contributed by atoms with E-state index in [1.54, 1.807) is 0 Å². The summed E-state index contributed by atoms with van der Waals surface area (Å²) in [6.07, 6.45) is 0. The molecule has 2 aromatic carbocycles. The second-order valence-corrected chi connectivity index (χ2v) is 4.66. The molecule has 0 unspecified atom stereocenters. The Bertz CT molecular complexity index is 465. The van der Waals surface area contributed by atoms with E-state index < -0.39 is 0 Å². The minimum Gasteiger partial charge on any atom is -0.381 e. The molecule has 2 rings (SSSR count). The van der Waals surface area contributed by atoms with Crippen LogP contribution in [0.4, 0.5) is 5.69 Å². The number of anilines is 1. The van der Waals surface area contributed by atoms with Gasteiger partial charge in [-0.2, -0.15) is 0 Å². The average Bonchev–Trinajstić information content (AvgIpc) is 2.32. The van der Waals surface area contributed by atoms with Gasteiger partial charge in [0.15, 0.2) is 0 Å². The number of hydrogen-bond acceptors (Lipinski definition) is 1. The Hall–Kier alpha value is -1.28. The van der Waals surface area contributed by atoms with Gasteiger partial charge < -0.3 is 5.32 Å². The van der Waals surface area contributed by atoms with Crippen LogP contribution in [0, 0.1) is 6.92 Å². The molecule has 0 aliphatic carbocycles. The van der Waals surface area contributed by atoms with Gasteiger partial charge in [-0.3, -0.25) is 0 Å². The van der Waals surface area contributed by atoms with E-state index in [9.17, 15) is 0 Å². The van der Waals surface area contributed by atoms with Crippen LogP contribution in [0.5, 0.6) is 0 Å². The van der Waals surface area contributed by atoms with Crippen molar-refractivity contribution < 1.29 is 0 Å². The van der Waals surface area contributed by atoms with Crippen molar-refractivity contribution in [3.8, 4) is 0 Å². The molecule has 2 aromatic rings. The lowest BCUT2D eigenvalue weighted by atomic mass is 10.1. The van der Waals surface area contributed by atoms with Crippen LogP contribution in [0.1, 0.15) is 11.1 Å². The van der Waals surface area contributed by atoms with E-state index in [-0.39, 0.29) is 0 Å². The number of aryl methyl sites for hydroxylation is 1. The summed E-state index contributed by atoms with van der Waals surface area (Å²) >= 11 is 3.50. The highest BCUT2D eigenvalue weighted by molar-refractivity contribution is 9.10. The predicted molar refractivity (Wildman–Crippen MR) is 72.6 cm³/mol. The zero-order valence-electron chi connectivity index (χ0n) is 9.20. The van der Waals surface area contributed by atoms with Crippen LogP contribution >= 0.6 is 15.9 Å². The van der Waals surface area contributed by atoms with Gasteiger partial charge in [0.05, 0.1) is 0 Å². The van der Waals surface area contributed by atoms with E-state index in [1.165, 1.54) is 11.1 Å². The largest absolute Gasteiger partial charge is 0.381 e. The Morgan fingerprint density at radius 3 is 2.50 bits per heavy atom. The Kier molecular flexibility index (Phi) is 3.62. The molecule has 0 heterocycles. The lowest BCUT2D eigenvalue weighted by Gasteiger charge is -2.07. The van der Waals surface area contributed by atoms with E-state index in [0.29, 0.717) is 0 Å². The number of halogens is 1. The molecule has 16 heavy (non-hydrogen) atoms. The average molecular weight is 276 g/mol. The van der Waals surface area contributed by atoms with Gasteiger partial charge in [0.1, 0.15) is 0 Å². The highest BCUT2D eigenvalue weighted by atomic mass is 79.9. The second-order valence-electron chi connectivity index (χ2n) is 3.80. The molecule has 0 aliphatic heterocycles. The first-order chi connectivity index (χ1) is 7.75. The number of nitrogens with one attached hydrogen (secondary N) is 1. The highest BCUT2D eigenvalue weighted by Gasteiger charge is 1.97. The molecule has 82 valence electrons. The summed E-state index contributed by atoms with van der Waals surface area (Å²) in [5, 5.41) is 3.39. The van der Waals surface area contributed by atoms with Gasteiger partial charge in [-0.05, 0) is 36.2 Å². The summed E-state index contributed by atoms with van der Waals surface area (Å²) in [6, 6.07) is 16.7. The van der Waals surface area contributed by atoms with Crippen molar-refractivity contribution >= 4 is 21.6 Å². The summed E-state index contributed by atoms with van der Waals surface area (Å²) in [6.45, 7) is 2.97. The summed E-state index contributed by atoms with van der Waals surface area (Å²) in [5.74, 6) is 0. The molecule has 0 bridgehead atoms. The number of rotatable bonds is 3. The lowest BCUT2D eigenvalue weighted by molar-refractivity contribution is 1.14. The summed E-state index contributed by atoms with van der Waals surface area (Å²) in [4.78, 5) is 0. The van der Waals surface area contributed by atoms with Crippen LogP contribution in [-0.2, 0) is 6.54 Å². The van der Waals surface area contributed by atoms with Gasteiger partial charge in [0.25, 0.3) is 0 Å². The van der Waals surface area contributed by atoms with E-state index in [0.717, 1.165) is 16.7 Å². The number of hydrogen-bond donors (Lipinski definition) is 1. The van der Waals surface area contributed by atoms with Gasteiger partial charge >= 0.3 is 0 Å². The third-order valence-electron chi connectivity index (χ3n) is 2.49. The van der Waals surface area contributed by atoms with Crippen LogP contribution in [0.3, 0.4) is 0 Å². The molecule has 0 spiro atoms. The summed E-state index contributed by atoms with van der Waals surface area (Å²) in [5.41, 5.74) is 3.72. The molecule has 0 amide bonds. The van der Waals surface area contributed by atoms with E-state index in [1.807, 2.05) is 18.2 Å². The van der Waals surface area contributed by atoms with Gasteiger partial charge in [0, 0.05) is 16.7 Å². The van der Waals surface area contributed by atoms with Crippen LogP contribution in [-0.4, -0.2) is 0 Å². The highest BCUT2D eigenvalue weighted by Crippen LogP contribution is 2.17. The minimum absolute atomic E-state index is 0.859. The maximum Gasteiger partial charge on any atom is 0.0400 e. The third-order valence-corrected chi connectivity index (χ3v) is 3.38. The van der Waals surface area contributed by atoms with Gasteiger partial charge in [-0.1, -0.05) is 46.3 Å². The topological polar surface area (TPSA) is 12.0 Å². The van der Waals surface area contributed by atoms with Crippen LogP contribution in [0.15, 0.2) is 53.0 Å². The number of para-hydroxylation sites is 1. The van der Waals surface area contributed by atoms with Crippen molar-refractivity contribution in [3.63, 3.8) is 0 Å². The molecule has 2 heteroatoms. The first kappa shape index (κ1) is 11.2. The smallest absolute Gasteiger partial charge is 0.0400 e. The van der Waals surface area contributed by atoms with Crippen molar-refractivity contribution in [1.29, 1.82) is 0 Å². The maximum atomic E-state index is 3.50. The minimum atomic E-state index is 0.859. The maximum absolute atomic E-state index is 3.50. The molecule has 0 saturated heterocycles. The van der Waals surface area contributed by atoms with E-state index in [4.69, 9.17) is 0 Å². The van der Waals surface area contributed by atoms with Crippen molar-refractivity contribution in [2.75, 3.05) is 5.32 Å². The van der Waals surface area contributed by atoms with Gasteiger partial charge in [0.2, 0.25) is 0 Å². The molecule has 0 radical (unpaired) electrons. The zero-order valence-corrected chi connectivity index (χ0v) is 10.8. The quantitative estimate of drug-likeness (QED) is 0.877. The van der Waals surface area contributed by atoms with Crippen LogP contribution in [0.2, 0.25) is 0 Å². The van der Waals surface area contributed by atoms with Crippen LogP contribution < -0.4 is 5.32 Å². The molecular weight excluding hydrogens is 262 g/mol. The molecule has 1 N–H and O–H groups in total. The Morgan fingerprint density at radius 1 is 1.06 bits per heavy atom. The van der Waals surface area contributed by atoms with Crippen molar-refractivity contribution in [3.05, 3.63) is 64.1 Å². The molecule has 0 aliphatic rings. The third kappa shape index (κ3) is 2.86. The molecule has 0 atom stereocenters. The molecular formula is C14H14BrN. The lowest BCUT2D eigenvalue weighted by Crippen LogP contribution is -1.99. The van der Waals surface area contributed by atoms with Gasteiger partial charge in [-0.25, -0.2) is 0 Å². The van der Waals surface area contributed by atoms with E-state index >= 15 is 0 Å². The molecule has 0 fully saturated rings. The van der Waals surface area contributed by atoms with E-state index in [2.05, 4.69) is 58.5 Å². The fourth-order valence-electron chi connectivity index (χ4n) is 1.58. The fraction of sp³-hybridized carbons (Fsp3) is 0.143. The summed E-state index contributed by atoms with van der Waals surface area (Å²) < 4.78 is 1.16. The fourth-order valence-corrected chi connectivity index (χ4v) is 1.82. The molecule has 0 aromatic heterocycles. The van der Waals surface area contributed by atoms with Crippen molar-refractivity contribution in [2.45, 2.75) is 13.5 Å². The number of benzene rings is 2. The normalized spacial score (nSPS) is 10.1. The SMILES string of the molecule is Cc1cc(CNc2ccccc2)ccc1Br. The first-order valence-electron chi connectivity index (χ1n) is 5.29. The first-order valence-corrected chi connectivity index (χ1v) is 6.09. The Morgan fingerprint density at radius 2 is 1.81 bits per heavy atom. The van der Waals surface area contributed by atoms with Crippen molar-refractivity contribution in [1.82, 2.24) is 0 Å². The van der Waals surface area contributed by atoms with Gasteiger partial charge in [-0.15, -0.1) is 0 Å². The molecule has 1 nitrogen and oxygen atoms in total.